The normalized spacial score (nSPS) is 10.8. The van der Waals surface area contributed by atoms with Gasteiger partial charge in [-0.25, -0.2) is 0 Å². The number of aromatic nitrogens is 2. The molecule has 0 bridgehead atoms. The molecule has 0 spiro atoms. The summed E-state index contributed by atoms with van der Waals surface area (Å²) >= 11 is 3.61. The molecule has 1 heterocycles. The average molecular weight is 323 g/mol. The van der Waals surface area contributed by atoms with Crippen molar-refractivity contribution in [3.05, 3.63) is 45.2 Å². The van der Waals surface area contributed by atoms with Gasteiger partial charge in [-0.05, 0) is 53.4 Å². The third-order valence-corrected chi connectivity index (χ3v) is 4.34. The predicted octanol–water partition coefficient (Wildman–Crippen LogP) is 3.94. The molecule has 0 radical (unpaired) electrons. The fourth-order valence-electron chi connectivity index (χ4n) is 2.00. The van der Waals surface area contributed by atoms with Gasteiger partial charge in [-0.3, -0.25) is 4.68 Å². The Kier molecular flexibility index (Phi) is 4.30. The Balaban J connectivity index is 2.19. The molecule has 3 nitrogen and oxygen atoms in total. The highest BCUT2D eigenvalue weighted by atomic mass is 79.9. The van der Waals surface area contributed by atoms with Crippen LogP contribution in [0.25, 0.3) is 0 Å². The second kappa shape index (κ2) is 5.78. The Labute approximate surface area is 122 Å². The molecule has 1 aromatic heterocycles. The molecule has 2 aromatic rings. The van der Waals surface area contributed by atoms with Crippen molar-refractivity contribution in [2.45, 2.75) is 33.8 Å². The quantitative estimate of drug-likeness (QED) is 0.852. The van der Waals surface area contributed by atoms with Crippen LogP contribution in [0.5, 0.6) is 5.75 Å². The van der Waals surface area contributed by atoms with Crippen molar-refractivity contribution in [1.29, 1.82) is 0 Å². The van der Waals surface area contributed by atoms with E-state index in [1.54, 1.807) is 0 Å². The van der Waals surface area contributed by atoms with Crippen LogP contribution in [0, 0.1) is 13.8 Å². The molecular weight excluding hydrogens is 304 g/mol. The zero-order valence-corrected chi connectivity index (χ0v) is 13.4. The number of benzene rings is 1. The molecular formula is C15H19BrN2O. The van der Waals surface area contributed by atoms with Crippen LogP contribution in [0.4, 0.5) is 0 Å². The molecule has 0 fully saturated rings. The maximum absolute atomic E-state index is 5.93. The molecule has 0 aliphatic rings. The summed E-state index contributed by atoms with van der Waals surface area (Å²) in [4.78, 5) is 0. The van der Waals surface area contributed by atoms with Crippen molar-refractivity contribution in [3.8, 4) is 5.75 Å². The van der Waals surface area contributed by atoms with Crippen LogP contribution < -0.4 is 4.74 Å². The number of rotatable bonds is 4. The van der Waals surface area contributed by atoms with E-state index < -0.39 is 0 Å². The van der Waals surface area contributed by atoms with Gasteiger partial charge >= 0.3 is 0 Å². The first kappa shape index (κ1) is 14.1. The summed E-state index contributed by atoms with van der Waals surface area (Å²) in [5.41, 5.74) is 4.58. The molecule has 0 amide bonds. The average Bonchev–Trinajstić information content (AvgIpc) is 2.66. The molecule has 0 saturated heterocycles. The van der Waals surface area contributed by atoms with Crippen LogP contribution in [0.3, 0.4) is 0 Å². The van der Waals surface area contributed by atoms with Crippen LogP contribution in [0.2, 0.25) is 0 Å². The van der Waals surface area contributed by atoms with Crippen LogP contribution in [0.1, 0.15) is 29.4 Å². The standard InChI is InChI=1S/C15H19BrN2O/c1-5-12-15(16)13(18(4)17-12)9-19-14-8-6-7-10(2)11(14)3/h6-8H,5,9H2,1-4H3. The second-order valence-electron chi connectivity index (χ2n) is 4.67. The van der Waals surface area contributed by atoms with Gasteiger partial charge in [0.05, 0.1) is 15.9 Å². The molecule has 19 heavy (non-hydrogen) atoms. The lowest BCUT2D eigenvalue weighted by atomic mass is 10.1. The lowest BCUT2D eigenvalue weighted by Crippen LogP contribution is -2.04. The van der Waals surface area contributed by atoms with Gasteiger partial charge in [0.1, 0.15) is 12.4 Å². The van der Waals surface area contributed by atoms with Crippen LogP contribution >= 0.6 is 15.9 Å². The molecule has 0 unspecified atom stereocenters. The van der Waals surface area contributed by atoms with E-state index in [0.29, 0.717) is 6.61 Å². The SMILES string of the molecule is CCc1nn(C)c(COc2cccc(C)c2C)c1Br. The van der Waals surface area contributed by atoms with Crippen molar-refractivity contribution < 1.29 is 4.74 Å². The molecule has 0 aliphatic heterocycles. The third kappa shape index (κ3) is 2.84. The Morgan fingerprint density at radius 3 is 2.68 bits per heavy atom. The van der Waals surface area contributed by atoms with Gasteiger partial charge < -0.3 is 4.74 Å². The van der Waals surface area contributed by atoms with Crippen molar-refractivity contribution in [3.63, 3.8) is 0 Å². The highest BCUT2D eigenvalue weighted by molar-refractivity contribution is 9.10. The fraction of sp³-hybridized carbons (Fsp3) is 0.400. The molecule has 0 atom stereocenters. The summed E-state index contributed by atoms with van der Waals surface area (Å²) in [6.07, 6.45) is 0.915. The molecule has 0 saturated carbocycles. The zero-order valence-electron chi connectivity index (χ0n) is 11.8. The van der Waals surface area contributed by atoms with Gasteiger partial charge in [-0.2, -0.15) is 5.10 Å². The van der Waals surface area contributed by atoms with Gasteiger partial charge in [-0.1, -0.05) is 19.1 Å². The van der Waals surface area contributed by atoms with Gasteiger partial charge in [0.2, 0.25) is 0 Å². The first-order chi connectivity index (χ1) is 9.04. The Bertz CT molecular complexity index is 590. The minimum atomic E-state index is 0.522. The van der Waals surface area contributed by atoms with Gasteiger partial charge in [0, 0.05) is 7.05 Å². The van der Waals surface area contributed by atoms with Crippen LogP contribution in [-0.4, -0.2) is 9.78 Å². The molecule has 4 heteroatoms. The van der Waals surface area contributed by atoms with E-state index in [1.807, 2.05) is 23.9 Å². The van der Waals surface area contributed by atoms with Gasteiger partial charge in [0.15, 0.2) is 0 Å². The van der Waals surface area contributed by atoms with E-state index in [9.17, 15) is 0 Å². The molecule has 102 valence electrons. The maximum atomic E-state index is 5.93. The minimum absolute atomic E-state index is 0.522. The first-order valence-electron chi connectivity index (χ1n) is 6.43. The zero-order chi connectivity index (χ0) is 14.0. The van der Waals surface area contributed by atoms with E-state index in [0.717, 1.165) is 28.0 Å². The van der Waals surface area contributed by atoms with E-state index in [-0.39, 0.29) is 0 Å². The largest absolute Gasteiger partial charge is 0.487 e. The van der Waals surface area contributed by atoms with Crippen molar-refractivity contribution in [1.82, 2.24) is 9.78 Å². The predicted molar refractivity (Wildman–Crippen MR) is 80.5 cm³/mol. The van der Waals surface area contributed by atoms with E-state index in [1.165, 1.54) is 11.1 Å². The monoisotopic (exact) mass is 322 g/mol. The van der Waals surface area contributed by atoms with Crippen LogP contribution in [0.15, 0.2) is 22.7 Å². The fourth-order valence-corrected chi connectivity index (χ4v) is 2.73. The summed E-state index contributed by atoms with van der Waals surface area (Å²) in [6, 6.07) is 6.12. The summed E-state index contributed by atoms with van der Waals surface area (Å²) in [5, 5.41) is 4.47. The summed E-state index contributed by atoms with van der Waals surface area (Å²) < 4.78 is 8.87. The summed E-state index contributed by atoms with van der Waals surface area (Å²) in [6.45, 7) is 6.80. The molecule has 0 N–H and O–H groups in total. The van der Waals surface area contributed by atoms with E-state index in [2.05, 4.69) is 47.9 Å². The van der Waals surface area contributed by atoms with Crippen molar-refractivity contribution in [2.24, 2.45) is 7.05 Å². The Morgan fingerprint density at radius 2 is 2.05 bits per heavy atom. The van der Waals surface area contributed by atoms with Gasteiger partial charge in [-0.15, -0.1) is 0 Å². The Morgan fingerprint density at radius 1 is 1.32 bits per heavy atom. The maximum Gasteiger partial charge on any atom is 0.131 e. The number of aryl methyl sites for hydroxylation is 3. The summed E-state index contributed by atoms with van der Waals surface area (Å²) in [7, 11) is 1.95. The van der Waals surface area contributed by atoms with Crippen molar-refractivity contribution in [2.75, 3.05) is 0 Å². The topological polar surface area (TPSA) is 27.1 Å². The van der Waals surface area contributed by atoms with Crippen molar-refractivity contribution >= 4 is 15.9 Å². The second-order valence-corrected chi connectivity index (χ2v) is 5.46. The smallest absolute Gasteiger partial charge is 0.131 e. The molecule has 1 aromatic carbocycles. The minimum Gasteiger partial charge on any atom is -0.487 e. The third-order valence-electron chi connectivity index (χ3n) is 3.42. The lowest BCUT2D eigenvalue weighted by Gasteiger charge is -2.11. The first-order valence-corrected chi connectivity index (χ1v) is 7.23. The highest BCUT2D eigenvalue weighted by Crippen LogP contribution is 2.25. The number of ether oxygens (including phenoxy) is 1. The highest BCUT2D eigenvalue weighted by Gasteiger charge is 2.13. The molecule has 0 aliphatic carbocycles. The number of hydrogen-bond acceptors (Lipinski definition) is 2. The van der Waals surface area contributed by atoms with E-state index >= 15 is 0 Å². The van der Waals surface area contributed by atoms with Gasteiger partial charge in [0.25, 0.3) is 0 Å². The number of hydrogen-bond donors (Lipinski definition) is 0. The van der Waals surface area contributed by atoms with Crippen LogP contribution in [-0.2, 0) is 20.1 Å². The van der Waals surface area contributed by atoms with E-state index in [4.69, 9.17) is 4.74 Å². The molecule has 2 rings (SSSR count). The Hall–Kier alpha value is -1.29. The summed E-state index contributed by atoms with van der Waals surface area (Å²) in [5.74, 6) is 0.936. The lowest BCUT2D eigenvalue weighted by molar-refractivity contribution is 0.292. The number of nitrogens with zero attached hydrogens (tertiary/aromatic N) is 2. The number of halogens is 1.